The molecule has 0 aliphatic carbocycles. The molecule has 1 heterocycles. The number of rotatable bonds is 8. The highest BCUT2D eigenvalue weighted by Crippen LogP contribution is 2.55. The van der Waals surface area contributed by atoms with Crippen molar-refractivity contribution in [2.24, 2.45) is 0 Å². The van der Waals surface area contributed by atoms with E-state index in [1.807, 2.05) is 0 Å². The van der Waals surface area contributed by atoms with E-state index in [9.17, 15) is 0 Å². The van der Waals surface area contributed by atoms with Gasteiger partial charge in [0.15, 0.2) is 0 Å². The first-order chi connectivity index (χ1) is 9.49. The third-order valence-electron chi connectivity index (χ3n) is 5.31. The van der Waals surface area contributed by atoms with Crippen LogP contribution in [0.25, 0.3) is 0 Å². The van der Waals surface area contributed by atoms with E-state index in [1.54, 1.807) is 0 Å². The van der Waals surface area contributed by atoms with Gasteiger partial charge < -0.3 is 0 Å². The number of hydrogen-bond donors (Lipinski definition) is 0. The predicted octanol–water partition coefficient (Wildman–Crippen LogP) is 3.91. The maximum Gasteiger partial charge on any atom is 0.0997 e. The maximum atomic E-state index is 4.16. The van der Waals surface area contributed by atoms with Gasteiger partial charge >= 0.3 is 0 Å². The molecule has 1 saturated heterocycles. The summed E-state index contributed by atoms with van der Waals surface area (Å²) in [6.45, 7) is 33.3. The SMILES string of the molecule is C=C[Si]1(C=C)[Si](C=C)(C=C)[Si](C=C)(C=C)[Si]1(C=C)C=C. The monoisotopic (exact) mass is 328 g/mol. The minimum absolute atomic E-state index is 1.97. The zero-order chi connectivity index (χ0) is 15.7. The molecule has 0 nitrogen and oxygen atoms in total. The molecular weight excluding hydrogens is 305 g/mol. The summed E-state index contributed by atoms with van der Waals surface area (Å²) in [7, 11) is -7.90. The van der Waals surface area contributed by atoms with Gasteiger partial charge in [0.2, 0.25) is 0 Å². The molecule has 1 fully saturated rings. The van der Waals surface area contributed by atoms with Crippen LogP contribution in [-0.4, -0.2) is 28.4 Å². The standard InChI is InChI=1S/C16H24Si4/c1-9-17(10-2)18(11-3,12-4)20(15-7,16-8)19(17,13-5)14-6/h9-16H,1-8H2. The van der Waals surface area contributed by atoms with Crippen molar-refractivity contribution in [3.05, 3.63) is 98.2 Å². The van der Waals surface area contributed by atoms with Gasteiger partial charge in [0.25, 0.3) is 0 Å². The first-order valence-corrected chi connectivity index (χ1v) is 19.2. The van der Waals surface area contributed by atoms with Crippen LogP contribution in [0.5, 0.6) is 0 Å². The van der Waals surface area contributed by atoms with Crippen LogP contribution in [0, 0.1) is 0 Å². The molecule has 4 heteroatoms. The Morgan fingerprint density at radius 1 is 0.300 bits per heavy atom. The fourth-order valence-corrected chi connectivity index (χ4v) is 110. The summed E-state index contributed by atoms with van der Waals surface area (Å²) in [4.78, 5) is 0. The molecular formula is C16H24Si4. The molecule has 1 aliphatic rings. The van der Waals surface area contributed by atoms with Crippen LogP contribution in [0.1, 0.15) is 0 Å². The van der Waals surface area contributed by atoms with Crippen molar-refractivity contribution in [2.45, 2.75) is 0 Å². The van der Waals surface area contributed by atoms with Gasteiger partial charge in [-0.3, -0.25) is 0 Å². The van der Waals surface area contributed by atoms with E-state index in [0.717, 1.165) is 0 Å². The molecule has 0 aromatic carbocycles. The first kappa shape index (κ1) is 16.8. The Kier molecular flexibility index (Phi) is 4.45. The molecule has 0 amide bonds. The summed E-state index contributed by atoms with van der Waals surface area (Å²) < 4.78 is 0. The summed E-state index contributed by atoms with van der Waals surface area (Å²) >= 11 is 0. The molecule has 0 saturated carbocycles. The average Bonchev–Trinajstić information content (AvgIpc) is 2.50. The average molecular weight is 329 g/mol. The van der Waals surface area contributed by atoms with Crippen molar-refractivity contribution >= 4 is 28.4 Å². The molecule has 0 aromatic rings. The molecule has 20 heavy (non-hydrogen) atoms. The summed E-state index contributed by atoms with van der Waals surface area (Å²) in [5, 5.41) is 0. The van der Waals surface area contributed by atoms with Crippen LogP contribution in [0.4, 0.5) is 0 Å². The van der Waals surface area contributed by atoms with Crippen molar-refractivity contribution in [3.8, 4) is 0 Å². The summed E-state index contributed by atoms with van der Waals surface area (Å²) in [5.74, 6) is 0. The normalized spacial score (nSPS) is 23.2. The topological polar surface area (TPSA) is 0 Å². The van der Waals surface area contributed by atoms with Crippen LogP contribution in [0.15, 0.2) is 98.2 Å². The molecule has 0 bridgehead atoms. The lowest BCUT2D eigenvalue weighted by atomic mass is 11.2. The lowest BCUT2D eigenvalue weighted by molar-refractivity contribution is 2.02. The second-order valence-electron chi connectivity index (χ2n) is 5.11. The fourth-order valence-electron chi connectivity index (χ4n) is 4.34. The highest BCUT2D eigenvalue weighted by Gasteiger charge is 2.83. The van der Waals surface area contributed by atoms with Gasteiger partial charge in [-0.15, -0.1) is 98.2 Å². The van der Waals surface area contributed by atoms with Crippen LogP contribution in [0.3, 0.4) is 0 Å². The third-order valence-corrected chi connectivity index (χ3v) is 81.0. The minimum atomic E-state index is -1.97. The van der Waals surface area contributed by atoms with Crippen molar-refractivity contribution < 1.29 is 0 Å². The Morgan fingerprint density at radius 3 is 0.450 bits per heavy atom. The molecule has 104 valence electrons. The quantitative estimate of drug-likeness (QED) is 0.593. The van der Waals surface area contributed by atoms with Crippen molar-refractivity contribution in [3.63, 3.8) is 0 Å². The van der Waals surface area contributed by atoms with Crippen LogP contribution >= 0.6 is 0 Å². The number of hydrogen-bond acceptors (Lipinski definition) is 0. The second kappa shape index (κ2) is 5.29. The highest BCUT2D eigenvalue weighted by atomic mass is 30.2. The smallest absolute Gasteiger partial charge is 0.0997 e. The molecule has 0 atom stereocenters. The van der Waals surface area contributed by atoms with Crippen LogP contribution in [0.2, 0.25) is 0 Å². The first-order valence-electron chi connectivity index (χ1n) is 6.58. The maximum absolute atomic E-state index is 4.16. The zero-order valence-corrected chi connectivity index (χ0v) is 16.3. The molecule has 0 spiro atoms. The molecule has 1 aliphatic heterocycles. The van der Waals surface area contributed by atoms with Gasteiger partial charge in [-0.2, -0.15) is 0 Å². The lowest BCUT2D eigenvalue weighted by Gasteiger charge is -2.72. The van der Waals surface area contributed by atoms with E-state index in [1.165, 1.54) is 0 Å². The van der Waals surface area contributed by atoms with Gasteiger partial charge in [-0.1, -0.05) is 0 Å². The van der Waals surface area contributed by atoms with Gasteiger partial charge in [0.05, 0.1) is 28.4 Å². The Labute approximate surface area is 126 Å². The van der Waals surface area contributed by atoms with Gasteiger partial charge in [0.1, 0.15) is 0 Å². The predicted molar refractivity (Wildman–Crippen MR) is 105 cm³/mol. The fraction of sp³-hybridized carbons (Fsp3) is 0. The van der Waals surface area contributed by atoms with Gasteiger partial charge in [-0.05, 0) is 0 Å². The van der Waals surface area contributed by atoms with Gasteiger partial charge in [0, 0.05) is 0 Å². The molecule has 0 unspecified atom stereocenters. The minimum Gasteiger partial charge on any atom is -0.107 e. The largest absolute Gasteiger partial charge is 0.107 e. The third kappa shape index (κ3) is 1.21. The van der Waals surface area contributed by atoms with E-state index in [0.29, 0.717) is 0 Å². The Morgan fingerprint density at radius 2 is 0.400 bits per heavy atom. The molecule has 0 aromatic heterocycles. The Bertz CT molecular complexity index is 383. The summed E-state index contributed by atoms with van der Waals surface area (Å²) in [6.07, 6.45) is 0. The summed E-state index contributed by atoms with van der Waals surface area (Å²) in [6, 6.07) is 0. The molecule has 0 radical (unpaired) electrons. The van der Waals surface area contributed by atoms with Crippen molar-refractivity contribution in [2.75, 3.05) is 0 Å². The molecule has 0 N–H and O–H groups in total. The van der Waals surface area contributed by atoms with Crippen molar-refractivity contribution in [1.82, 2.24) is 0 Å². The Balaban J connectivity index is 4.02. The van der Waals surface area contributed by atoms with Crippen molar-refractivity contribution in [1.29, 1.82) is 0 Å². The van der Waals surface area contributed by atoms with E-state index in [-0.39, 0.29) is 0 Å². The van der Waals surface area contributed by atoms with E-state index >= 15 is 0 Å². The van der Waals surface area contributed by atoms with E-state index < -0.39 is 28.4 Å². The van der Waals surface area contributed by atoms with E-state index in [2.05, 4.69) is 98.2 Å². The molecule has 1 rings (SSSR count). The highest BCUT2D eigenvalue weighted by molar-refractivity contribution is 8.20. The van der Waals surface area contributed by atoms with Crippen LogP contribution in [-0.2, 0) is 0 Å². The second-order valence-corrected chi connectivity index (χ2v) is 41.2. The lowest BCUT2D eigenvalue weighted by Crippen LogP contribution is -3.04. The zero-order valence-electron chi connectivity index (χ0n) is 12.3. The van der Waals surface area contributed by atoms with Gasteiger partial charge in [-0.25, -0.2) is 0 Å². The Hall–Kier alpha value is -1.21. The van der Waals surface area contributed by atoms with E-state index in [4.69, 9.17) is 0 Å². The van der Waals surface area contributed by atoms with Crippen LogP contribution < -0.4 is 0 Å². The summed E-state index contributed by atoms with van der Waals surface area (Å²) in [5.41, 5.74) is 17.4.